The Balaban J connectivity index is 2.16. The molecule has 8 heteroatoms. The van der Waals surface area contributed by atoms with Crippen molar-refractivity contribution >= 4 is 11.1 Å². The van der Waals surface area contributed by atoms with Crippen LogP contribution in [0, 0.1) is 0 Å². The summed E-state index contributed by atoms with van der Waals surface area (Å²) in [5.41, 5.74) is -1.21. The average molecular weight is 269 g/mol. The van der Waals surface area contributed by atoms with Crippen molar-refractivity contribution in [3.8, 4) is 6.01 Å². The third-order valence-corrected chi connectivity index (χ3v) is 2.50. The molecular weight excluding hydrogens is 263 g/mol. The number of rotatable bonds is 1. The highest BCUT2D eigenvalue weighted by Gasteiger charge is 2.34. The molecule has 2 aromatic heterocycles. The Kier molecular flexibility index (Phi) is 2.28. The van der Waals surface area contributed by atoms with E-state index in [0.29, 0.717) is 21.8 Å². The van der Waals surface area contributed by atoms with E-state index in [1.165, 1.54) is 0 Å². The number of H-pyrrole nitrogens is 1. The molecule has 3 rings (SSSR count). The minimum absolute atomic E-state index is 0.235. The number of para-hydroxylation sites is 2. The number of oxazole rings is 1. The summed E-state index contributed by atoms with van der Waals surface area (Å²) in [7, 11) is 0. The fourth-order valence-electron chi connectivity index (χ4n) is 1.64. The van der Waals surface area contributed by atoms with Crippen LogP contribution < -0.4 is 5.56 Å². The molecule has 0 aliphatic heterocycles. The predicted molar refractivity (Wildman–Crippen MR) is 59.0 cm³/mol. The van der Waals surface area contributed by atoms with Crippen molar-refractivity contribution in [1.29, 1.82) is 0 Å². The van der Waals surface area contributed by atoms with Gasteiger partial charge in [0.25, 0.3) is 5.56 Å². The van der Waals surface area contributed by atoms with Gasteiger partial charge in [0, 0.05) is 6.07 Å². The molecule has 1 N–H and O–H groups in total. The second-order valence-electron chi connectivity index (χ2n) is 3.81. The number of aromatic nitrogens is 3. The molecule has 0 unspecified atom stereocenters. The minimum Gasteiger partial charge on any atom is -0.422 e. The van der Waals surface area contributed by atoms with E-state index in [4.69, 9.17) is 4.42 Å². The summed E-state index contributed by atoms with van der Waals surface area (Å²) in [6.45, 7) is 0. The number of alkyl halides is 3. The van der Waals surface area contributed by atoms with Crippen LogP contribution in [-0.2, 0) is 6.18 Å². The van der Waals surface area contributed by atoms with Gasteiger partial charge in [0.05, 0.1) is 0 Å². The van der Waals surface area contributed by atoms with Crippen LogP contribution in [0.4, 0.5) is 13.2 Å². The molecule has 2 heterocycles. The third-order valence-electron chi connectivity index (χ3n) is 2.50. The van der Waals surface area contributed by atoms with Gasteiger partial charge in [-0.15, -0.1) is 0 Å². The van der Waals surface area contributed by atoms with Gasteiger partial charge in [-0.1, -0.05) is 12.1 Å². The largest absolute Gasteiger partial charge is 0.432 e. The van der Waals surface area contributed by atoms with E-state index in [-0.39, 0.29) is 6.01 Å². The van der Waals surface area contributed by atoms with E-state index in [1.807, 2.05) is 5.10 Å². The molecule has 0 aliphatic rings. The number of hydrogen-bond acceptors (Lipinski definition) is 3. The number of benzene rings is 1. The van der Waals surface area contributed by atoms with Crippen molar-refractivity contribution in [3.63, 3.8) is 0 Å². The zero-order valence-electron chi connectivity index (χ0n) is 9.23. The number of nitrogens with zero attached hydrogens (tertiary/aromatic N) is 2. The van der Waals surface area contributed by atoms with Crippen LogP contribution >= 0.6 is 0 Å². The molecule has 0 radical (unpaired) electrons. The van der Waals surface area contributed by atoms with E-state index >= 15 is 0 Å². The van der Waals surface area contributed by atoms with E-state index in [1.54, 1.807) is 24.3 Å². The maximum Gasteiger partial charge on any atom is 0.432 e. The maximum absolute atomic E-state index is 12.5. The topological polar surface area (TPSA) is 63.8 Å². The monoisotopic (exact) mass is 269 g/mol. The van der Waals surface area contributed by atoms with Crippen molar-refractivity contribution in [2.75, 3.05) is 0 Å². The Morgan fingerprint density at radius 3 is 2.63 bits per heavy atom. The molecule has 98 valence electrons. The number of hydrogen-bond donors (Lipinski definition) is 1. The van der Waals surface area contributed by atoms with E-state index in [2.05, 4.69) is 4.98 Å². The molecule has 19 heavy (non-hydrogen) atoms. The number of fused-ring (bicyclic) bond motifs is 1. The van der Waals surface area contributed by atoms with Gasteiger partial charge in [-0.05, 0) is 12.1 Å². The average Bonchev–Trinajstić information content (AvgIpc) is 2.90. The quantitative estimate of drug-likeness (QED) is 0.737. The van der Waals surface area contributed by atoms with Gasteiger partial charge in [0.2, 0.25) is 0 Å². The smallest absolute Gasteiger partial charge is 0.422 e. The van der Waals surface area contributed by atoms with Crippen molar-refractivity contribution in [3.05, 3.63) is 46.4 Å². The molecule has 5 nitrogen and oxygen atoms in total. The van der Waals surface area contributed by atoms with Crippen LogP contribution in [-0.4, -0.2) is 14.8 Å². The maximum atomic E-state index is 12.5. The summed E-state index contributed by atoms with van der Waals surface area (Å²) in [5.74, 6) is 0. The second kappa shape index (κ2) is 3.74. The molecule has 0 fully saturated rings. The Hall–Kier alpha value is -2.51. The number of halogens is 3. The van der Waals surface area contributed by atoms with E-state index < -0.39 is 17.4 Å². The highest BCUT2D eigenvalue weighted by molar-refractivity contribution is 5.73. The first kappa shape index (κ1) is 11.6. The zero-order valence-corrected chi connectivity index (χ0v) is 9.23. The van der Waals surface area contributed by atoms with Crippen LogP contribution in [0.2, 0.25) is 0 Å². The molecule has 0 aliphatic carbocycles. The van der Waals surface area contributed by atoms with Crippen LogP contribution in [0.5, 0.6) is 0 Å². The lowest BCUT2D eigenvalue weighted by molar-refractivity contribution is -0.141. The molecule has 0 saturated carbocycles. The lowest BCUT2D eigenvalue weighted by atomic mass is 10.3. The lowest BCUT2D eigenvalue weighted by Gasteiger charge is -2.01. The molecule has 0 bridgehead atoms. The fourth-order valence-corrected chi connectivity index (χ4v) is 1.64. The van der Waals surface area contributed by atoms with Gasteiger partial charge in [-0.25, -0.2) is 0 Å². The van der Waals surface area contributed by atoms with Crippen molar-refractivity contribution in [2.24, 2.45) is 0 Å². The SMILES string of the molecule is O=c1cc(C(F)(F)F)[nH]n1-c1nc2ccccc2o1. The van der Waals surface area contributed by atoms with Gasteiger partial charge in [-0.2, -0.15) is 22.8 Å². The summed E-state index contributed by atoms with van der Waals surface area (Å²) in [4.78, 5) is 15.4. The van der Waals surface area contributed by atoms with Crippen LogP contribution in [0.25, 0.3) is 17.1 Å². The summed E-state index contributed by atoms with van der Waals surface area (Å²) in [6, 6.07) is 6.84. The molecule has 0 atom stereocenters. The minimum atomic E-state index is -4.63. The normalized spacial score (nSPS) is 12.2. The molecule has 0 saturated heterocycles. The van der Waals surface area contributed by atoms with Crippen LogP contribution in [0.3, 0.4) is 0 Å². The summed E-state index contributed by atoms with van der Waals surface area (Å²) < 4.78 is 43.2. The van der Waals surface area contributed by atoms with Gasteiger partial charge < -0.3 is 4.42 Å². The van der Waals surface area contributed by atoms with E-state index in [0.717, 1.165) is 0 Å². The number of aromatic amines is 1. The standard InChI is InChI=1S/C11H6F3N3O2/c12-11(13,14)8-5-9(18)17(16-8)10-15-6-3-1-2-4-7(6)19-10/h1-5,16H. The second-order valence-corrected chi connectivity index (χ2v) is 3.81. The zero-order chi connectivity index (χ0) is 13.6. The van der Waals surface area contributed by atoms with Crippen molar-refractivity contribution < 1.29 is 17.6 Å². The van der Waals surface area contributed by atoms with Crippen molar-refractivity contribution in [1.82, 2.24) is 14.8 Å². The summed E-state index contributed by atoms with van der Waals surface area (Å²) in [5, 5.41) is 1.92. The molecule has 0 amide bonds. The van der Waals surface area contributed by atoms with Crippen molar-refractivity contribution in [2.45, 2.75) is 6.18 Å². The van der Waals surface area contributed by atoms with Gasteiger partial charge >= 0.3 is 12.2 Å². The first-order valence-electron chi connectivity index (χ1n) is 5.20. The Morgan fingerprint density at radius 1 is 1.26 bits per heavy atom. The fraction of sp³-hybridized carbons (Fsp3) is 0.0909. The van der Waals surface area contributed by atoms with Crippen LogP contribution in [0.15, 0.2) is 39.5 Å². The predicted octanol–water partition coefficient (Wildman–Crippen LogP) is 2.33. The molecule has 3 aromatic rings. The Labute approximate surface area is 103 Å². The molecule has 1 aromatic carbocycles. The molecule has 0 spiro atoms. The Bertz CT molecular complexity index is 764. The molecular formula is C11H6F3N3O2. The summed E-state index contributed by atoms with van der Waals surface area (Å²) >= 11 is 0. The van der Waals surface area contributed by atoms with Gasteiger partial charge in [0.1, 0.15) is 11.2 Å². The van der Waals surface area contributed by atoms with Gasteiger partial charge in [-0.3, -0.25) is 9.89 Å². The van der Waals surface area contributed by atoms with Gasteiger partial charge in [0.15, 0.2) is 5.58 Å². The third kappa shape index (κ3) is 1.90. The Morgan fingerprint density at radius 2 is 2.00 bits per heavy atom. The number of nitrogens with one attached hydrogen (secondary N) is 1. The van der Waals surface area contributed by atoms with E-state index in [9.17, 15) is 18.0 Å². The first-order chi connectivity index (χ1) is 8.95. The van der Waals surface area contributed by atoms with Crippen LogP contribution in [0.1, 0.15) is 5.69 Å². The highest BCUT2D eigenvalue weighted by Crippen LogP contribution is 2.27. The summed E-state index contributed by atoms with van der Waals surface area (Å²) in [6.07, 6.45) is -4.63. The first-order valence-corrected chi connectivity index (χ1v) is 5.20. The highest BCUT2D eigenvalue weighted by atomic mass is 19.4. The lowest BCUT2D eigenvalue weighted by Crippen LogP contribution is -2.13.